The molecule has 0 aromatic rings. The first kappa shape index (κ1) is 17.2. The lowest BCUT2D eigenvalue weighted by atomic mass is 9.96. The highest BCUT2D eigenvalue weighted by Gasteiger charge is 2.38. The molecule has 0 spiro atoms. The number of halogens is 1. The summed E-state index contributed by atoms with van der Waals surface area (Å²) in [5.74, 6) is 0.250. The van der Waals surface area contributed by atoms with Crippen LogP contribution in [0.4, 0.5) is 0 Å². The first-order valence-electron chi connectivity index (χ1n) is 6.91. The van der Waals surface area contributed by atoms with Gasteiger partial charge in [-0.15, -0.1) is 12.4 Å². The Kier molecular flexibility index (Phi) is 6.07. The molecular weight excluding hydrogens is 286 g/mol. The van der Waals surface area contributed by atoms with Gasteiger partial charge < -0.3 is 5.73 Å². The fraction of sp³-hybridized carbons (Fsp3) is 1.00. The average molecular weight is 312 g/mol. The molecule has 0 amide bonds. The van der Waals surface area contributed by atoms with Gasteiger partial charge in [-0.3, -0.25) is 0 Å². The van der Waals surface area contributed by atoms with Gasteiger partial charge in [0.05, 0.1) is 0 Å². The molecule has 1 saturated carbocycles. The summed E-state index contributed by atoms with van der Waals surface area (Å²) in [5.41, 5.74) is 5.92. The molecule has 114 valence electrons. The molecule has 2 aliphatic rings. The van der Waals surface area contributed by atoms with Crippen LogP contribution >= 0.6 is 12.4 Å². The van der Waals surface area contributed by atoms with E-state index in [4.69, 9.17) is 5.73 Å². The zero-order chi connectivity index (χ0) is 13.3. The Morgan fingerprint density at radius 2 is 1.74 bits per heavy atom. The number of hydrogen-bond donors (Lipinski definition) is 1. The van der Waals surface area contributed by atoms with Crippen LogP contribution in [-0.2, 0) is 10.2 Å². The Morgan fingerprint density at radius 3 is 2.21 bits per heavy atom. The summed E-state index contributed by atoms with van der Waals surface area (Å²) in [6.07, 6.45) is 5.49. The summed E-state index contributed by atoms with van der Waals surface area (Å²) >= 11 is 0. The largest absolute Gasteiger partial charge is 0.326 e. The van der Waals surface area contributed by atoms with Crippen LogP contribution in [0.2, 0.25) is 0 Å². The van der Waals surface area contributed by atoms with E-state index in [0.29, 0.717) is 13.1 Å². The topological polar surface area (TPSA) is 66.6 Å². The van der Waals surface area contributed by atoms with Gasteiger partial charge >= 0.3 is 0 Å². The lowest BCUT2D eigenvalue weighted by Crippen LogP contribution is -2.46. The Balaban J connectivity index is 0.00000180. The predicted molar refractivity (Wildman–Crippen MR) is 79.5 cm³/mol. The van der Waals surface area contributed by atoms with E-state index in [0.717, 1.165) is 25.7 Å². The van der Waals surface area contributed by atoms with Gasteiger partial charge in [-0.25, -0.2) is 0 Å². The van der Waals surface area contributed by atoms with Gasteiger partial charge in [-0.1, -0.05) is 26.2 Å². The lowest BCUT2D eigenvalue weighted by molar-refractivity contribution is 0.268. The highest BCUT2D eigenvalue weighted by atomic mass is 35.5. The molecule has 0 aromatic heterocycles. The standard InChI is InChI=1S/C12H25N3O2S.ClH/c1-10-8-15(9-12(10)13)18(16,17)14(2)11-6-4-3-5-7-11;/h10-12H,3-9,13H2,1-2H3;1H. The van der Waals surface area contributed by atoms with Crippen molar-refractivity contribution in [1.82, 2.24) is 8.61 Å². The molecule has 1 heterocycles. The molecule has 1 saturated heterocycles. The van der Waals surface area contributed by atoms with Crippen LogP contribution in [0, 0.1) is 5.92 Å². The molecule has 19 heavy (non-hydrogen) atoms. The molecule has 5 nitrogen and oxygen atoms in total. The van der Waals surface area contributed by atoms with Crippen LogP contribution in [-0.4, -0.2) is 49.2 Å². The van der Waals surface area contributed by atoms with Crippen molar-refractivity contribution in [3.05, 3.63) is 0 Å². The average Bonchev–Trinajstić information content (AvgIpc) is 2.70. The minimum atomic E-state index is -3.32. The summed E-state index contributed by atoms with van der Waals surface area (Å²) in [6.45, 7) is 3.03. The molecule has 2 unspecified atom stereocenters. The number of rotatable bonds is 3. The number of hydrogen-bond acceptors (Lipinski definition) is 3. The van der Waals surface area contributed by atoms with Crippen molar-refractivity contribution >= 4 is 22.6 Å². The molecule has 0 radical (unpaired) electrons. The molecule has 2 rings (SSSR count). The fourth-order valence-corrected chi connectivity index (χ4v) is 4.69. The summed E-state index contributed by atoms with van der Waals surface area (Å²) < 4.78 is 28.2. The second kappa shape index (κ2) is 6.72. The predicted octanol–water partition coefficient (Wildman–Crippen LogP) is 1.20. The van der Waals surface area contributed by atoms with Gasteiger partial charge in [0.2, 0.25) is 0 Å². The quantitative estimate of drug-likeness (QED) is 0.851. The third kappa shape index (κ3) is 3.61. The van der Waals surface area contributed by atoms with Crippen molar-refractivity contribution in [2.24, 2.45) is 11.7 Å². The molecule has 1 aliphatic heterocycles. The molecule has 2 N–H and O–H groups in total. The Hall–Kier alpha value is 0.120. The second-order valence-electron chi connectivity index (χ2n) is 5.77. The third-order valence-corrected chi connectivity index (χ3v) is 6.39. The van der Waals surface area contributed by atoms with Crippen LogP contribution in [0.1, 0.15) is 39.0 Å². The van der Waals surface area contributed by atoms with Crippen LogP contribution in [0.25, 0.3) is 0 Å². The normalized spacial score (nSPS) is 30.5. The number of nitrogens with two attached hydrogens (primary N) is 1. The highest BCUT2D eigenvalue weighted by molar-refractivity contribution is 7.86. The monoisotopic (exact) mass is 311 g/mol. The van der Waals surface area contributed by atoms with Crippen molar-refractivity contribution in [2.75, 3.05) is 20.1 Å². The smallest absolute Gasteiger partial charge is 0.282 e. The maximum absolute atomic E-state index is 12.5. The van der Waals surface area contributed by atoms with E-state index < -0.39 is 10.2 Å². The SMILES string of the molecule is CC1CN(S(=O)(=O)N(C)C2CCCCC2)CC1N.Cl. The second-order valence-corrected chi connectivity index (χ2v) is 7.76. The van der Waals surface area contributed by atoms with Gasteiger partial charge in [-0.2, -0.15) is 17.0 Å². The van der Waals surface area contributed by atoms with E-state index in [-0.39, 0.29) is 30.4 Å². The first-order chi connectivity index (χ1) is 8.43. The van der Waals surface area contributed by atoms with Crippen LogP contribution < -0.4 is 5.73 Å². The molecular formula is C12H26ClN3O2S. The van der Waals surface area contributed by atoms with Gasteiger partial charge in [0.15, 0.2) is 0 Å². The third-order valence-electron chi connectivity index (χ3n) is 4.42. The zero-order valence-corrected chi connectivity index (χ0v) is 13.4. The van der Waals surface area contributed by atoms with Crippen molar-refractivity contribution in [3.63, 3.8) is 0 Å². The van der Waals surface area contributed by atoms with Crippen LogP contribution in [0.3, 0.4) is 0 Å². The lowest BCUT2D eigenvalue weighted by Gasteiger charge is -2.33. The molecule has 1 aliphatic carbocycles. The molecule has 7 heteroatoms. The highest BCUT2D eigenvalue weighted by Crippen LogP contribution is 2.27. The zero-order valence-electron chi connectivity index (χ0n) is 11.8. The summed E-state index contributed by atoms with van der Waals surface area (Å²) in [4.78, 5) is 0. The molecule has 2 fully saturated rings. The maximum Gasteiger partial charge on any atom is 0.282 e. The first-order valence-corrected chi connectivity index (χ1v) is 8.31. The van der Waals surface area contributed by atoms with Crippen molar-refractivity contribution in [1.29, 1.82) is 0 Å². The molecule has 0 bridgehead atoms. The summed E-state index contributed by atoms with van der Waals surface area (Å²) in [7, 11) is -1.60. The van der Waals surface area contributed by atoms with Crippen molar-refractivity contribution in [3.8, 4) is 0 Å². The van der Waals surface area contributed by atoms with Crippen LogP contribution in [0.15, 0.2) is 0 Å². The van der Waals surface area contributed by atoms with Gasteiger partial charge in [0.25, 0.3) is 10.2 Å². The number of nitrogens with zero attached hydrogens (tertiary/aromatic N) is 2. The van der Waals surface area contributed by atoms with E-state index >= 15 is 0 Å². The van der Waals surface area contributed by atoms with Crippen molar-refractivity contribution < 1.29 is 8.42 Å². The molecule has 0 aromatic carbocycles. The Labute approximate surface area is 123 Å². The fourth-order valence-electron chi connectivity index (χ4n) is 2.95. The van der Waals surface area contributed by atoms with E-state index in [1.54, 1.807) is 15.7 Å². The van der Waals surface area contributed by atoms with Crippen molar-refractivity contribution in [2.45, 2.75) is 51.1 Å². The minimum Gasteiger partial charge on any atom is -0.326 e. The van der Waals surface area contributed by atoms with Gasteiger partial charge in [0.1, 0.15) is 0 Å². The summed E-state index contributed by atoms with van der Waals surface area (Å²) in [5, 5.41) is 0. The van der Waals surface area contributed by atoms with Gasteiger partial charge in [0, 0.05) is 32.2 Å². The van der Waals surface area contributed by atoms with Crippen LogP contribution in [0.5, 0.6) is 0 Å². The maximum atomic E-state index is 12.5. The Bertz CT molecular complexity index is 374. The molecule has 2 atom stereocenters. The van der Waals surface area contributed by atoms with E-state index in [9.17, 15) is 8.42 Å². The Morgan fingerprint density at radius 1 is 1.16 bits per heavy atom. The minimum absolute atomic E-state index is 0. The van der Waals surface area contributed by atoms with E-state index in [1.807, 2.05) is 6.92 Å². The van der Waals surface area contributed by atoms with Gasteiger partial charge in [-0.05, 0) is 18.8 Å². The van der Waals surface area contributed by atoms with E-state index in [2.05, 4.69) is 0 Å². The summed E-state index contributed by atoms with van der Waals surface area (Å²) in [6, 6.07) is 0.149. The van der Waals surface area contributed by atoms with E-state index in [1.165, 1.54) is 6.42 Å².